The minimum Gasteiger partial charge on any atom is -0.496 e. The Kier molecular flexibility index (Phi) is 18.2. The van der Waals surface area contributed by atoms with Crippen molar-refractivity contribution < 1.29 is 32.8 Å². The molecule has 2 fully saturated rings. The van der Waals surface area contributed by atoms with Gasteiger partial charge >= 0.3 is 0 Å². The smallest absolute Gasteiger partial charge is 0.298 e. The van der Waals surface area contributed by atoms with Gasteiger partial charge in [-0.1, -0.05) is 43.4 Å². The average molecular weight is 1200 g/mol. The van der Waals surface area contributed by atoms with Crippen molar-refractivity contribution in [2.75, 3.05) is 54.5 Å². The number of benzene rings is 4. The van der Waals surface area contributed by atoms with Crippen molar-refractivity contribution in [3.8, 4) is 62.0 Å². The van der Waals surface area contributed by atoms with E-state index >= 15 is 0 Å². The van der Waals surface area contributed by atoms with Gasteiger partial charge in [-0.2, -0.15) is 0 Å². The normalized spacial score (nSPS) is 14.1. The maximum absolute atomic E-state index is 13.5. The van der Waals surface area contributed by atoms with Crippen LogP contribution >= 0.6 is 0 Å². The number of ether oxygens (including phenoxy) is 3. The summed E-state index contributed by atoms with van der Waals surface area (Å²) < 4.78 is 27.7. The molecule has 1 amide bonds. The number of pyridine rings is 2. The number of methoxy groups -OCH3 is 2. The monoisotopic (exact) mass is 1200 g/mol. The molecule has 0 spiro atoms. The Morgan fingerprint density at radius 1 is 0.607 bits per heavy atom. The zero-order valence-corrected chi connectivity index (χ0v) is 50.4. The minimum atomic E-state index is -0.0995. The maximum atomic E-state index is 13.5. The number of hydrogen-bond acceptors (Lipinski definition) is 18. The van der Waals surface area contributed by atoms with Gasteiger partial charge in [0.2, 0.25) is 0 Å². The molecule has 21 nitrogen and oxygen atoms in total. The first-order valence-corrected chi connectivity index (χ1v) is 29.0. The summed E-state index contributed by atoms with van der Waals surface area (Å²) in [6.07, 6.45) is 7.62. The second-order valence-corrected chi connectivity index (χ2v) is 22.5. The van der Waals surface area contributed by atoms with E-state index in [1.54, 1.807) is 32.7 Å². The number of fused-ring (bicyclic) bond motifs is 8. The third-order valence-corrected chi connectivity index (χ3v) is 16.6. The van der Waals surface area contributed by atoms with Crippen LogP contribution in [-0.2, 0) is 4.79 Å². The van der Waals surface area contributed by atoms with Gasteiger partial charge in [0.1, 0.15) is 51.5 Å². The standard InChI is InChI=1S/C33H33N7O3.C27H21N5O4.C6H14N2.2CH4/c1-17-28(18(2)43-39-17)25-15-26-24(16-27(25)42-5)29-31(35-19(3)36-32(29)38-26)22-8-9-23(30-21(22)7-6-12-34-30)33(41)37-20-10-13-40(4)14-11-20;1-13-23(14(2)36-32-13)19-10-20-18(11-22(19)34-4)24-26(29-15(3)30-27(24)31-20)17-7-8-21(35-12-33)25-16(17)6-5-9-28-25;1-8-4-2-6(7)3-5-8;;/h6-9,12,15-16,20H,10-11,13-14H2,1-5H3,(H,37,41)(H,35,36,38);5-12H,1-4H3,(H,29,30,31);6H,2-5,7H2,1H3;2*1H4. The van der Waals surface area contributed by atoms with E-state index in [0.29, 0.717) is 69.4 Å². The van der Waals surface area contributed by atoms with E-state index in [1.165, 1.54) is 25.9 Å². The summed E-state index contributed by atoms with van der Waals surface area (Å²) in [6.45, 7) is 16.1. The van der Waals surface area contributed by atoms with Crippen molar-refractivity contribution in [1.29, 1.82) is 0 Å². The van der Waals surface area contributed by atoms with Gasteiger partial charge < -0.3 is 54.1 Å². The number of nitrogens with one attached hydrogen (secondary N) is 3. The molecule has 10 heterocycles. The Labute approximate surface area is 515 Å². The minimum absolute atomic E-state index is 0. The van der Waals surface area contributed by atoms with E-state index in [9.17, 15) is 9.59 Å². The molecule has 8 aromatic heterocycles. The molecule has 89 heavy (non-hydrogen) atoms. The zero-order chi connectivity index (χ0) is 60.8. The highest BCUT2D eigenvalue weighted by Crippen LogP contribution is 2.45. The molecule has 0 unspecified atom stereocenters. The number of nitrogens with two attached hydrogens (primary N) is 1. The molecule has 21 heteroatoms. The topological polar surface area (TPSA) is 267 Å². The van der Waals surface area contributed by atoms with E-state index in [0.717, 1.165) is 137 Å². The molecular weight excluding hydrogens is 1120 g/mol. The number of H-pyrrole nitrogens is 2. The molecule has 12 aromatic rings. The molecule has 14 rings (SSSR count). The molecule has 2 aliphatic heterocycles. The summed E-state index contributed by atoms with van der Waals surface area (Å²) in [5, 5.41) is 16.7. The largest absolute Gasteiger partial charge is 0.496 e. The lowest BCUT2D eigenvalue weighted by Gasteiger charge is -2.29. The summed E-state index contributed by atoms with van der Waals surface area (Å²) in [7, 11) is 7.56. The van der Waals surface area contributed by atoms with Crippen LogP contribution in [-0.4, -0.2) is 139 Å². The number of nitrogens with zero attached hydrogens (tertiary/aromatic N) is 10. The fourth-order valence-corrected chi connectivity index (χ4v) is 12.2. The van der Waals surface area contributed by atoms with E-state index < -0.39 is 0 Å². The predicted molar refractivity (Wildman–Crippen MR) is 350 cm³/mol. The summed E-state index contributed by atoms with van der Waals surface area (Å²) in [4.78, 5) is 64.4. The number of carbonyl (C=O) groups is 2. The molecule has 2 aliphatic rings. The van der Waals surface area contributed by atoms with Gasteiger partial charge in [-0.3, -0.25) is 19.6 Å². The molecule has 2 saturated heterocycles. The quantitative estimate of drug-likeness (QED) is 0.0927. The summed E-state index contributed by atoms with van der Waals surface area (Å²) in [5.74, 6) is 4.36. The number of aryl methyl sites for hydroxylation is 6. The third-order valence-electron chi connectivity index (χ3n) is 16.6. The van der Waals surface area contributed by atoms with E-state index in [-0.39, 0.29) is 26.8 Å². The van der Waals surface area contributed by atoms with Gasteiger partial charge in [-0.15, -0.1) is 0 Å². The van der Waals surface area contributed by atoms with E-state index in [4.69, 9.17) is 43.9 Å². The molecular formula is C68H76N14O7. The van der Waals surface area contributed by atoms with Crippen molar-refractivity contribution in [3.05, 3.63) is 125 Å². The van der Waals surface area contributed by atoms with Crippen LogP contribution in [0.4, 0.5) is 0 Å². The van der Waals surface area contributed by atoms with Crippen molar-refractivity contribution in [2.45, 2.75) is 94.2 Å². The Morgan fingerprint density at radius 2 is 1.08 bits per heavy atom. The molecule has 460 valence electrons. The van der Waals surface area contributed by atoms with Gasteiger partial charge in [-0.25, -0.2) is 19.9 Å². The number of piperidine rings is 2. The van der Waals surface area contributed by atoms with Crippen LogP contribution in [0.25, 0.3) is 110 Å². The SMILES string of the molecule is C.C.CN1CCC(N)CC1.COc1cc2c(cc1-c1c(C)noc1C)[nH]c1nc(C)nc(-c3ccc(C(=O)NC4CCN(C)CC4)c4ncccc34)c12.COc1cc2c(cc1-c1c(C)noc1C)[nH]c1nc(C)nc(-c3ccc(OC=O)c4ncccc34)c12. The predicted octanol–water partition coefficient (Wildman–Crippen LogP) is 12.5. The summed E-state index contributed by atoms with van der Waals surface area (Å²) in [5.41, 5.74) is 19.0. The van der Waals surface area contributed by atoms with Gasteiger partial charge in [0, 0.05) is 79.3 Å². The fraction of sp³-hybridized carbons (Fsp3) is 0.324. The molecule has 0 atom stereocenters. The number of rotatable bonds is 10. The van der Waals surface area contributed by atoms with Gasteiger partial charge in [0.25, 0.3) is 12.4 Å². The van der Waals surface area contributed by atoms with Gasteiger partial charge in [-0.05, 0) is 162 Å². The lowest BCUT2D eigenvalue weighted by molar-refractivity contribution is -0.120. The van der Waals surface area contributed by atoms with E-state index in [1.807, 2.05) is 102 Å². The summed E-state index contributed by atoms with van der Waals surface area (Å²) in [6, 6.07) is 23.8. The molecule has 5 N–H and O–H groups in total. The van der Waals surface area contributed by atoms with Crippen molar-refractivity contribution >= 4 is 78.1 Å². The van der Waals surface area contributed by atoms with Crippen molar-refractivity contribution in [3.63, 3.8) is 0 Å². The molecule has 0 saturated carbocycles. The van der Waals surface area contributed by atoms with Crippen LogP contribution in [0.1, 0.15) is 85.5 Å². The zero-order valence-electron chi connectivity index (χ0n) is 50.4. The number of amides is 1. The molecule has 0 aliphatic carbocycles. The number of aromatic nitrogens is 10. The first-order valence-electron chi connectivity index (χ1n) is 29.0. The van der Waals surface area contributed by atoms with E-state index in [2.05, 4.69) is 70.5 Å². The maximum Gasteiger partial charge on any atom is 0.298 e. The van der Waals surface area contributed by atoms with Crippen LogP contribution in [0.3, 0.4) is 0 Å². The van der Waals surface area contributed by atoms with Crippen LogP contribution in [0.2, 0.25) is 0 Å². The lowest BCUT2D eigenvalue weighted by Crippen LogP contribution is -2.43. The number of aromatic amines is 2. The Balaban J connectivity index is 0.000000173. The van der Waals surface area contributed by atoms with Crippen LogP contribution in [0.5, 0.6) is 17.2 Å². The first kappa shape index (κ1) is 62.4. The number of hydrogen-bond donors (Lipinski definition) is 4. The van der Waals surface area contributed by atoms with Crippen molar-refractivity contribution in [2.24, 2.45) is 5.73 Å². The van der Waals surface area contributed by atoms with Crippen LogP contribution < -0.4 is 25.3 Å². The molecule has 4 aromatic carbocycles. The Morgan fingerprint density at radius 3 is 1.54 bits per heavy atom. The third kappa shape index (κ3) is 12.0. The second-order valence-electron chi connectivity index (χ2n) is 22.5. The second kappa shape index (κ2) is 25.9. The number of carbonyl (C=O) groups excluding carboxylic acids is 2. The Hall–Kier alpha value is -9.70. The highest BCUT2D eigenvalue weighted by Gasteiger charge is 2.27. The molecule has 0 radical (unpaired) electrons. The first-order chi connectivity index (χ1) is 42.1. The van der Waals surface area contributed by atoms with Gasteiger partial charge in [0.05, 0.1) is 70.0 Å². The van der Waals surface area contributed by atoms with Crippen LogP contribution in [0, 0.1) is 41.5 Å². The van der Waals surface area contributed by atoms with Crippen LogP contribution in [0.15, 0.2) is 94.2 Å². The summed E-state index contributed by atoms with van der Waals surface area (Å²) >= 11 is 0. The molecule has 0 bridgehead atoms. The fourth-order valence-electron chi connectivity index (χ4n) is 12.2. The lowest BCUT2D eigenvalue weighted by atomic mass is 9.97. The highest BCUT2D eigenvalue weighted by molar-refractivity contribution is 6.18. The van der Waals surface area contributed by atoms with Crippen molar-refractivity contribution in [1.82, 2.24) is 65.3 Å². The average Bonchev–Trinajstić information content (AvgIpc) is 1.79. The Bertz CT molecular complexity index is 4560. The number of likely N-dealkylation sites (tertiary alicyclic amines) is 2. The highest BCUT2D eigenvalue weighted by atomic mass is 16.5. The van der Waals surface area contributed by atoms with Gasteiger partial charge in [0.15, 0.2) is 5.75 Å².